The lowest BCUT2D eigenvalue weighted by Gasteiger charge is -2.26. The molecule has 0 saturated carbocycles. The monoisotopic (exact) mass is 522 g/mol. The minimum absolute atomic E-state index is 0.0565. The van der Waals surface area contributed by atoms with Gasteiger partial charge in [0.25, 0.3) is 5.91 Å². The van der Waals surface area contributed by atoms with Gasteiger partial charge in [0.05, 0.1) is 37.9 Å². The second-order valence-corrected chi connectivity index (χ2v) is 8.73. The van der Waals surface area contributed by atoms with Gasteiger partial charge in [-0.25, -0.2) is 14.8 Å². The zero-order chi connectivity index (χ0) is 27.1. The fraction of sp³-hybridized carbons (Fsp3) is 0.385. The van der Waals surface area contributed by atoms with E-state index in [0.717, 1.165) is 24.1 Å². The molecule has 12 heteroatoms. The summed E-state index contributed by atoms with van der Waals surface area (Å²) in [6.07, 6.45) is 5.63. The topological polar surface area (TPSA) is 149 Å². The van der Waals surface area contributed by atoms with E-state index in [-0.39, 0.29) is 13.0 Å². The number of methoxy groups -OCH3 is 1. The fourth-order valence-corrected chi connectivity index (χ4v) is 4.24. The van der Waals surface area contributed by atoms with Crippen molar-refractivity contribution in [3.63, 3.8) is 0 Å². The molecule has 200 valence electrons. The van der Waals surface area contributed by atoms with Gasteiger partial charge in [0.1, 0.15) is 5.82 Å². The van der Waals surface area contributed by atoms with Crippen molar-refractivity contribution >= 4 is 23.8 Å². The number of nitrogens with one attached hydrogen (secondary N) is 1. The predicted molar refractivity (Wildman–Crippen MR) is 136 cm³/mol. The summed E-state index contributed by atoms with van der Waals surface area (Å²) in [5.41, 5.74) is 2.62. The number of amides is 2. The van der Waals surface area contributed by atoms with Crippen molar-refractivity contribution in [1.29, 1.82) is 0 Å². The molecule has 0 aromatic carbocycles. The van der Waals surface area contributed by atoms with Crippen molar-refractivity contribution in [3.8, 4) is 5.88 Å². The lowest BCUT2D eigenvalue weighted by molar-refractivity contribution is -0.143. The van der Waals surface area contributed by atoms with Gasteiger partial charge in [-0.05, 0) is 37.0 Å². The zero-order valence-corrected chi connectivity index (χ0v) is 21.3. The lowest BCUT2D eigenvalue weighted by Crippen LogP contribution is -2.35. The number of aromatic nitrogens is 4. The van der Waals surface area contributed by atoms with Crippen molar-refractivity contribution in [2.45, 2.75) is 45.2 Å². The molecule has 1 atom stereocenters. The third-order valence-electron chi connectivity index (χ3n) is 6.17. The molecular weight excluding hydrogens is 492 g/mol. The Labute approximate surface area is 219 Å². The highest BCUT2D eigenvalue weighted by molar-refractivity contribution is 5.94. The standard InChI is InChI=1S/C26H30N6O6/c1-3-38-23(33)13-21(18-7-9-22(37-2)27-14-18)30-25(34)19-15-28-31(16-19)12-10-20-8-6-17-5-4-11-32(26(35)36)24(17)29-20/h6-9,14-16,21H,3-5,10-13H2,1-2H3,(H,30,34)(H,35,36)/t21-/m0/s1. The van der Waals surface area contributed by atoms with Crippen LogP contribution in [0.3, 0.4) is 0 Å². The molecule has 3 aromatic heterocycles. The van der Waals surface area contributed by atoms with Gasteiger partial charge in [0.2, 0.25) is 5.88 Å². The first kappa shape index (κ1) is 26.6. The van der Waals surface area contributed by atoms with E-state index in [4.69, 9.17) is 9.47 Å². The van der Waals surface area contributed by atoms with Crippen molar-refractivity contribution in [2.75, 3.05) is 25.2 Å². The molecule has 1 aliphatic rings. The van der Waals surface area contributed by atoms with Gasteiger partial charge in [-0.15, -0.1) is 0 Å². The Morgan fingerprint density at radius 2 is 2.03 bits per heavy atom. The van der Waals surface area contributed by atoms with Crippen LogP contribution in [0.25, 0.3) is 0 Å². The van der Waals surface area contributed by atoms with E-state index in [0.29, 0.717) is 42.3 Å². The molecule has 0 aliphatic carbocycles. The molecule has 0 unspecified atom stereocenters. The van der Waals surface area contributed by atoms with E-state index in [9.17, 15) is 19.5 Å². The van der Waals surface area contributed by atoms with Gasteiger partial charge in [-0.3, -0.25) is 19.2 Å². The molecule has 38 heavy (non-hydrogen) atoms. The molecule has 12 nitrogen and oxygen atoms in total. The number of esters is 1. The normalized spacial score (nSPS) is 13.4. The highest BCUT2D eigenvalue weighted by Crippen LogP contribution is 2.25. The van der Waals surface area contributed by atoms with E-state index < -0.39 is 24.0 Å². The van der Waals surface area contributed by atoms with Crippen LogP contribution in [0.5, 0.6) is 5.88 Å². The molecule has 2 amide bonds. The van der Waals surface area contributed by atoms with Gasteiger partial charge in [0, 0.05) is 43.7 Å². The molecule has 3 aromatic rings. The van der Waals surface area contributed by atoms with Gasteiger partial charge < -0.3 is 19.9 Å². The van der Waals surface area contributed by atoms with Crippen LogP contribution >= 0.6 is 0 Å². The first-order valence-electron chi connectivity index (χ1n) is 12.4. The minimum atomic E-state index is -1.01. The number of hydrogen-bond donors (Lipinski definition) is 2. The van der Waals surface area contributed by atoms with E-state index in [1.807, 2.05) is 12.1 Å². The van der Waals surface area contributed by atoms with Crippen molar-refractivity contribution < 1.29 is 29.0 Å². The number of carbonyl (C=O) groups is 3. The first-order valence-corrected chi connectivity index (χ1v) is 12.4. The van der Waals surface area contributed by atoms with E-state index in [1.165, 1.54) is 18.2 Å². The highest BCUT2D eigenvalue weighted by atomic mass is 16.5. The average molecular weight is 523 g/mol. The van der Waals surface area contributed by atoms with E-state index >= 15 is 0 Å². The maximum Gasteiger partial charge on any atom is 0.413 e. The highest BCUT2D eigenvalue weighted by Gasteiger charge is 2.24. The molecule has 0 saturated heterocycles. The summed E-state index contributed by atoms with van der Waals surface area (Å²) in [4.78, 5) is 46.7. The number of fused-ring (bicyclic) bond motifs is 1. The van der Waals surface area contributed by atoms with Crippen LogP contribution in [-0.2, 0) is 28.9 Å². The summed E-state index contributed by atoms with van der Waals surface area (Å²) < 4.78 is 11.8. The smallest absolute Gasteiger partial charge is 0.413 e. The lowest BCUT2D eigenvalue weighted by atomic mass is 10.1. The van der Waals surface area contributed by atoms with Crippen molar-refractivity contribution in [1.82, 2.24) is 25.1 Å². The van der Waals surface area contributed by atoms with Crippen LogP contribution in [0.15, 0.2) is 42.9 Å². The Kier molecular flexibility index (Phi) is 8.51. The number of pyridine rings is 2. The molecule has 2 N–H and O–H groups in total. The Morgan fingerprint density at radius 1 is 1.18 bits per heavy atom. The summed E-state index contributed by atoms with van der Waals surface area (Å²) in [7, 11) is 1.50. The van der Waals surface area contributed by atoms with Crippen LogP contribution in [-0.4, -0.2) is 63.1 Å². The number of nitrogens with zero attached hydrogens (tertiary/aromatic N) is 5. The van der Waals surface area contributed by atoms with Crippen LogP contribution in [0.4, 0.5) is 10.6 Å². The summed E-state index contributed by atoms with van der Waals surface area (Å²) in [6.45, 7) is 2.83. The molecule has 1 aliphatic heterocycles. The summed E-state index contributed by atoms with van der Waals surface area (Å²) in [5, 5.41) is 16.6. The van der Waals surface area contributed by atoms with Gasteiger partial charge in [-0.2, -0.15) is 5.10 Å². The zero-order valence-electron chi connectivity index (χ0n) is 21.3. The van der Waals surface area contributed by atoms with Gasteiger partial charge in [-0.1, -0.05) is 12.1 Å². The molecule has 4 heterocycles. The number of aryl methyl sites for hydroxylation is 3. The average Bonchev–Trinajstić information content (AvgIpc) is 3.40. The third-order valence-corrected chi connectivity index (χ3v) is 6.17. The molecule has 0 radical (unpaired) electrons. The van der Waals surface area contributed by atoms with Crippen LogP contribution in [0.1, 0.15) is 53.0 Å². The molecule has 0 fully saturated rings. The second-order valence-electron chi connectivity index (χ2n) is 8.73. The summed E-state index contributed by atoms with van der Waals surface area (Å²) in [5.74, 6) is 0.0662. The SMILES string of the molecule is CCOC(=O)C[C@H](NC(=O)c1cnn(CCc2ccc3c(n2)N(C(=O)O)CCC3)c1)c1ccc(OC)nc1. The Bertz CT molecular complexity index is 1290. The molecule has 0 spiro atoms. The number of rotatable bonds is 10. The number of anilines is 1. The van der Waals surface area contributed by atoms with E-state index in [1.54, 1.807) is 36.1 Å². The van der Waals surface area contributed by atoms with Gasteiger partial charge in [0.15, 0.2) is 0 Å². The molecular formula is C26H30N6O6. The van der Waals surface area contributed by atoms with Crippen molar-refractivity contribution in [3.05, 3.63) is 65.2 Å². The first-order chi connectivity index (χ1) is 18.4. The Hall–Kier alpha value is -4.48. The predicted octanol–water partition coefficient (Wildman–Crippen LogP) is 2.78. The number of hydrogen-bond acceptors (Lipinski definition) is 8. The second kappa shape index (κ2) is 12.2. The van der Waals surface area contributed by atoms with E-state index in [2.05, 4.69) is 20.4 Å². The summed E-state index contributed by atoms with van der Waals surface area (Å²) in [6, 6.07) is 6.55. The number of ether oxygens (including phenoxy) is 2. The fourth-order valence-electron chi connectivity index (χ4n) is 4.24. The van der Waals surface area contributed by atoms with Gasteiger partial charge >= 0.3 is 12.1 Å². The molecule has 4 rings (SSSR count). The maximum absolute atomic E-state index is 13.0. The third kappa shape index (κ3) is 6.44. The number of carbonyl (C=O) groups excluding carboxylic acids is 2. The van der Waals surface area contributed by atoms with Crippen LogP contribution in [0, 0.1) is 0 Å². The maximum atomic E-state index is 13.0. The minimum Gasteiger partial charge on any atom is -0.481 e. The van der Waals surface area contributed by atoms with Crippen LogP contribution < -0.4 is 15.0 Å². The largest absolute Gasteiger partial charge is 0.481 e. The Morgan fingerprint density at radius 3 is 2.74 bits per heavy atom. The Balaban J connectivity index is 1.41. The summed E-state index contributed by atoms with van der Waals surface area (Å²) >= 11 is 0. The quantitative estimate of drug-likeness (QED) is 0.383. The molecule has 0 bridgehead atoms. The number of carboxylic acid groups (broad SMARTS) is 1. The van der Waals surface area contributed by atoms with Crippen LogP contribution in [0.2, 0.25) is 0 Å². The van der Waals surface area contributed by atoms with Crippen molar-refractivity contribution in [2.24, 2.45) is 0 Å².